The minimum absolute atomic E-state index is 0.181. The SMILES string of the molecule is COCCN(CC(C)C)S(=O)(=O)CCCCN. The minimum Gasteiger partial charge on any atom is -0.383 e. The highest BCUT2D eigenvalue weighted by Gasteiger charge is 2.21. The monoisotopic (exact) mass is 266 g/mol. The maximum atomic E-state index is 12.1. The lowest BCUT2D eigenvalue weighted by molar-refractivity contribution is 0.175. The third-order valence-electron chi connectivity index (χ3n) is 2.36. The Morgan fingerprint density at radius 1 is 1.29 bits per heavy atom. The number of rotatable bonds is 10. The molecule has 6 heteroatoms. The number of hydrogen-bond acceptors (Lipinski definition) is 4. The van der Waals surface area contributed by atoms with Gasteiger partial charge in [-0.2, -0.15) is 4.31 Å². The predicted octanol–water partition coefficient (Wildman–Crippen LogP) is 0.660. The topological polar surface area (TPSA) is 72.6 Å². The first-order valence-corrected chi connectivity index (χ1v) is 7.71. The molecule has 0 aromatic heterocycles. The zero-order chi connectivity index (χ0) is 13.3. The molecule has 0 atom stereocenters. The van der Waals surface area contributed by atoms with Gasteiger partial charge in [0.2, 0.25) is 10.0 Å². The Labute approximate surface area is 105 Å². The smallest absolute Gasteiger partial charge is 0.214 e. The quantitative estimate of drug-likeness (QED) is 0.590. The van der Waals surface area contributed by atoms with Crippen LogP contribution in [0.4, 0.5) is 0 Å². The van der Waals surface area contributed by atoms with Crippen LogP contribution < -0.4 is 5.73 Å². The second-order valence-electron chi connectivity index (χ2n) is 4.56. The Balaban J connectivity index is 4.41. The van der Waals surface area contributed by atoms with Crippen molar-refractivity contribution in [3.63, 3.8) is 0 Å². The van der Waals surface area contributed by atoms with E-state index in [9.17, 15) is 8.42 Å². The van der Waals surface area contributed by atoms with Crippen molar-refractivity contribution in [3.8, 4) is 0 Å². The molecular formula is C11H26N2O3S. The standard InChI is InChI=1S/C11H26N2O3S/c1-11(2)10-13(7-8-16-3)17(14,15)9-5-4-6-12/h11H,4-10,12H2,1-3H3. The molecule has 0 unspecified atom stereocenters. The summed E-state index contributed by atoms with van der Waals surface area (Å²) < 4.78 is 30.6. The van der Waals surface area contributed by atoms with Crippen LogP contribution in [0.1, 0.15) is 26.7 Å². The van der Waals surface area contributed by atoms with Gasteiger partial charge in [-0.05, 0) is 25.3 Å². The van der Waals surface area contributed by atoms with Crippen molar-refractivity contribution in [2.45, 2.75) is 26.7 Å². The summed E-state index contributed by atoms with van der Waals surface area (Å²) in [7, 11) is -1.59. The summed E-state index contributed by atoms with van der Waals surface area (Å²) in [5.74, 6) is 0.497. The molecule has 0 rings (SSSR count). The molecule has 0 radical (unpaired) electrons. The molecule has 0 fully saturated rings. The number of hydrogen-bond donors (Lipinski definition) is 1. The average molecular weight is 266 g/mol. The van der Waals surface area contributed by atoms with Gasteiger partial charge in [0.25, 0.3) is 0 Å². The van der Waals surface area contributed by atoms with Crippen LogP contribution in [0.25, 0.3) is 0 Å². The number of methoxy groups -OCH3 is 1. The summed E-state index contributed by atoms with van der Waals surface area (Å²) in [5.41, 5.74) is 5.37. The predicted molar refractivity (Wildman–Crippen MR) is 70.4 cm³/mol. The van der Waals surface area contributed by atoms with E-state index in [4.69, 9.17) is 10.5 Å². The van der Waals surface area contributed by atoms with Crippen molar-refractivity contribution in [3.05, 3.63) is 0 Å². The van der Waals surface area contributed by atoms with Gasteiger partial charge in [0.15, 0.2) is 0 Å². The van der Waals surface area contributed by atoms with Crippen LogP contribution in [-0.4, -0.2) is 51.8 Å². The van der Waals surface area contributed by atoms with Crippen LogP contribution in [0.3, 0.4) is 0 Å². The van der Waals surface area contributed by atoms with E-state index in [1.54, 1.807) is 7.11 Å². The molecule has 104 valence electrons. The number of nitrogens with two attached hydrogens (primary N) is 1. The Kier molecular flexibility index (Phi) is 8.77. The second-order valence-corrected chi connectivity index (χ2v) is 6.64. The summed E-state index contributed by atoms with van der Waals surface area (Å²) in [5, 5.41) is 0. The van der Waals surface area contributed by atoms with Crippen LogP contribution in [0, 0.1) is 5.92 Å². The van der Waals surface area contributed by atoms with Gasteiger partial charge in [-0.15, -0.1) is 0 Å². The summed E-state index contributed by atoms with van der Waals surface area (Å²) in [6.45, 7) is 5.97. The van der Waals surface area contributed by atoms with Crippen molar-refractivity contribution in [2.24, 2.45) is 11.7 Å². The first-order valence-electron chi connectivity index (χ1n) is 6.11. The maximum Gasteiger partial charge on any atom is 0.214 e. The molecule has 0 aliphatic rings. The van der Waals surface area contributed by atoms with Crippen LogP contribution >= 0.6 is 0 Å². The number of ether oxygens (including phenoxy) is 1. The molecule has 17 heavy (non-hydrogen) atoms. The van der Waals surface area contributed by atoms with Crippen molar-refractivity contribution in [1.29, 1.82) is 0 Å². The van der Waals surface area contributed by atoms with Gasteiger partial charge < -0.3 is 10.5 Å². The lowest BCUT2D eigenvalue weighted by Crippen LogP contribution is -2.38. The van der Waals surface area contributed by atoms with E-state index in [0.717, 1.165) is 6.42 Å². The largest absolute Gasteiger partial charge is 0.383 e. The normalized spacial score (nSPS) is 12.6. The molecule has 0 aromatic rings. The third kappa shape index (κ3) is 7.70. The summed E-state index contributed by atoms with van der Waals surface area (Å²) in [4.78, 5) is 0. The minimum atomic E-state index is -3.16. The fourth-order valence-corrected chi connectivity index (χ4v) is 3.21. The van der Waals surface area contributed by atoms with E-state index in [1.165, 1.54) is 4.31 Å². The number of nitrogens with zero attached hydrogens (tertiary/aromatic N) is 1. The van der Waals surface area contributed by atoms with E-state index in [0.29, 0.717) is 38.6 Å². The van der Waals surface area contributed by atoms with Crippen LogP contribution in [0.5, 0.6) is 0 Å². The van der Waals surface area contributed by atoms with Gasteiger partial charge in [0.1, 0.15) is 0 Å². The van der Waals surface area contributed by atoms with Crippen molar-refractivity contribution >= 4 is 10.0 Å². The van der Waals surface area contributed by atoms with Crippen molar-refractivity contribution in [2.75, 3.05) is 39.1 Å². The van der Waals surface area contributed by atoms with Crippen LogP contribution in [-0.2, 0) is 14.8 Å². The molecule has 0 bridgehead atoms. The number of unbranched alkanes of at least 4 members (excludes halogenated alkanes) is 1. The van der Waals surface area contributed by atoms with Crippen molar-refractivity contribution < 1.29 is 13.2 Å². The van der Waals surface area contributed by atoms with E-state index in [2.05, 4.69) is 0 Å². The molecule has 0 saturated heterocycles. The maximum absolute atomic E-state index is 12.1. The molecule has 0 aliphatic heterocycles. The van der Waals surface area contributed by atoms with E-state index in [-0.39, 0.29) is 5.75 Å². The fraction of sp³-hybridized carbons (Fsp3) is 1.00. The van der Waals surface area contributed by atoms with Crippen LogP contribution in [0.2, 0.25) is 0 Å². The lowest BCUT2D eigenvalue weighted by atomic mass is 10.2. The van der Waals surface area contributed by atoms with Gasteiger partial charge in [-0.1, -0.05) is 13.8 Å². The lowest BCUT2D eigenvalue weighted by Gasteiger charge is -2.23. The summed E-state index contributed by atoms with van der Waals surface area (Å²) in [6, 6.07) is 0. The highest BCUT2D eigenvalue weighted by atomic mass is 32.2. The highest BCUT2D eigenvalue weighted by Crippen LogP contribution is 2.08. The average Bonchev–Trinajstić information content (AvgIpc) is 2.23. The molecule has 2 N–H and O–H groups in total. The fourth-order valence-electron chi connectivity index (χ4n) is 1.50. The summed E-state index contributed by atoms with van der Waals surface area (Å²) in [6.07, 6.45) is 1.37. The molecule has 0 heterocycles. The highest BCUT2D eigenvalue weighted by molar-refractivity contribution is 7.89. The first-order chi connectivity index (χ1) is 7.94. The van der Waals surface area contributed by atoms with E-state index < -0.39 is 10.0 Å². The molecule has 0 amide bonds. The van der Waals surface area contributed by atoms with Gasteiger partial charge in [0, 0.05) is 20.2 Å². The second kappa shape index (κ2) is 8.85. The Hall–Kier alpha value is -0.170. The zero-order valence-electron chi connectivity index (χ0n) is 11.2. The van der Waals surface area contributed by atoms with Gasteiger partial charge in [0.05, 0.1) is 12.4 Å². The van der Waals surface area contributed by atoms with Crippen molar-refractivity contribution in [1.82, 2.24) is 4.31 Å². The van der Waals surface area contributed by atoms with Crippen LogP contribution in [0.15, 0.2) is 0 Å². The van der Waals surface area contributed by atoms with Gasteiger partial charge in [-0.3, -0.25) is 0 Å². The molecule has 5 nitrogen and oxygen atoms in total. The summed E-state index contributed by atoms with van der Waals surface area (Å²) >= 11 is 0. The third-order valence-corrected chi connectivity index (χ3v) is 4.29. The zero-order valence-corrected chi connectivity index (χ0v) is 12.0. The molecular weight excluding hydrogens is 240 g/mol. The van der Waals surface area contributed by atoms with Gasteiger partial charge >= 0.3 is 0 Å². The molecule has 0 spiro atoms. The Morgan fingerprint density at radius 2 is 1.94 bits per heavy atom. The molecule has 0 aliphatic carbocycles. The molecule has 0 aromatic carbocycles. The molecule has 0 saturated carbocycles. The van der Waals surface area contributed by atoms with E-state index >= 15 is 0 Å². The van der Waals surface area contributed by atoms with Gasteiger partial charge in [-0.25, -0.2) is 8.42 Å². The number of sulfonamides is 1. The first kappa shape index (κ1) is 16.8. The van der Waals surface area contributed by atoms with E-state index in [1.807, 2.05) is 13.8 Å². The Morgan fingerprint density at radius 3 is 2.41 bits per heavy atom. The Bertz CT molecular complexity index is 278.